The zero-order chi connectivity index (χ0) is 19.6. The summed E-state index contributed by atoms with van der Waals surface area (Å²) in [5.41, 5.74) is 10.2. The lowest BCUT2D eigenvalue weighted by molar-refractivity contribution is 0.0918. The van der Waals surface area contributed by atoms with E-state index < -0.39 is 6.03 Å². The molecule has 1 aliphatic carbocycles. The first kappa shape index (κ1) is 18.6. The third-order valence-corrected chi connectivity index (χ3v) is 4.46. The van der Waals surface area contributed by atoms with E-state index in [1.54, 1.807) is 6.20 Å². The van der Waals surface area contributed by atoms with Crippen molar-refractivity contribution in [1.29, 1.82) is 0 Å². The third kappa shape index (κ3) is 4.16. The zero-order valence-electron chi connectivity index (χ0n) is 15.6. The predicted molar refractivity (Wildman–Crippen MR) is 100 cm³/mol. The molecule has 0 spiro atoms. The van der Waals surface area contributed by atoms with Crippen LogP contribution in [0, 0.1) is 12.3 Å². The summed E-state index contributed by atoms with van der Waals surface area (Å²) in [6.07, 6.45) is 2.98. The molecule has 0 bridgehead atoms. The van der Waals surface area contributed by atoms with Crippen molar-refractivity contribution in [3.05, 3.63) is 52.7 Å². The molecule has 0 aliphatic heterocycles. The van der Waals surface area contributed by atoms with Crippen molar-refractivity contribution in [3.8, 4) is 0 Å². The largest absolute Gasteiger partial charge is 0.455 e. The molecule has 2 aromatic heterocycles. The molecule has 4 N–H and O–H groups in total. The standard InChI is InChI=1S/C19H23N5O3/c1-11-15-13(23-24-18(20)26)8-19(2,3)9-14(15)27-16(11)17(25)22-10-12-6-4-5-7-21-12/h4-7H,8-10H2,1-3H3,(H,22,25)(H3,20,24,26)/b23-13-. The van der Waals surface area contributed by atoms with Gasteiger partial charge in [-0.25, -0.2) is 10.2 Å². The van der Waals surface area contributed by atoms with Gasteiger partial charge in [-0.2, -0.15) is 5.10 Å². The van der Waals surface area contributed by atoms with Crippen molar-refractivity contribution < 1.29 is 14.0 Å². The number of nitrogens with one attached hydrogen (secondary N) is 2. The maximum atomic E-state index is 12.6. The van der Waals surface area contributed by atoms with Crippen LogP contribution in [0.4, 0.5) is 4.79 Å². The van der Waals surface area contributed by atoms with Crippen molar-refractivity contribution in [2.45, 2.75) is 40.2 Å². The minimum absolute atomic E-state index is 0.114. The van der Waals surface area contributed by atoms with Crippen LogP contribution in [0.15, 0.2) is 33.9 Å². The molecule has 3 rings (SSSR count). The van der Waals surface area contributed by atoms with E-state index in [0.29, 0.717) is 36.4 Å². The van der Waals surface area contributed by atoms with Gasteiger partial charge in [-0.15, -0.1) is 0 Å². The van der Waals surface area contributed by atoms with Crippen LogP contribution in [-0.4, -0.2) is 22.6 Å². The highest BCUT2D eigenvalue weighted by Gasteiger charge is 2.36. The number of urea groups is 1. The summed E-state index contributed by atoms with van der Waals surface area (Å²) in [5, 5.41) is 6.96. The Balaban J connectivity index is 1.88. The number of hydrogen-bond donors (Lipinski definition) is 3. The molecule has 0 saturated carbocycles. The van der Waals surface area contributed by atoms with Gasteiger partial charge >= 0.3 is 6.03 Å². The Morgan fingerprint density at radius 2 is 2.11 bits per heavy atom. The highest BCUT2D eigenvalue weighted by atomic mass is 16.4. The summed E-state index contributed by atoms with van der Waals surface area (Å²) >= 11 is 0. The van der Waals surface area contributed by atoms with Crippen LogP contribution in [0.2, 0.25) is 0 Å². The van der Waals surface area contributed by atoms with E-state index in [0.717, 1.165) is 11.3 Å². The number of nitrogens with zero attached hydrogens (tertiary/aromatic N) is 2. The molecule has 8 nitrogen and oxygen atoms in total. The van der Waals surface area contributed by atoms with Crippen molar-refractivity contribution in [2.75, 3.05) is 0 Å². The van der Waals surface area contributed by atoms with Gasteiger partial charge < -0.3 is 15.5 Å². The molecule has 0 aromatic carbocycles. The van der Waals surface area contributed by atoms with Crippen LogP contribution in [0.25, 0.3) is 0 Å². The average Bonchev–Trinajstić information content (AvgIpc) is 2.93. The van der Waals surface area contributed by atoms with E-state index >= 15 is 0 Å². The van der Waals surface area contributed by atoms with Crippen LogP contribution in [-0.2, 0) is 13.0 Å². The topological polar surface area (TPSA) is 123 Å². The highest BCUT2D eigenvalue weighted by molar-refractivity contribution is 6.07. The molecule has 0 radical (unpaired) electrons. The normalized spacial score (nSPS) is 16.6. The van der Waals surface area contributed by atoms with Crippen molar-refractivity contribution >= 4 is 17.6 Å². The third-order valence-electron chi connectivity index (χ3n) is 4.46. The number of aromatic nitrogens is 1. The SMILES string of the molecule is Cc1c(C(=O)NCc2ccccn2)oc2c1/C(=N\NC(N)=O)CC(C)(C)C2. The van der Waals surface area contributed by atoms with Gasteiger partial charge in [0.15, 0.2) is 5.76 Å². The Kier molecular flexibility index (Phi) is 4.98. The number of primary amides is 1. The van der Waals surface area contributed by atoms with E-state index in [1.165, 1.54) is 0 Å². The molecule has 2 aromatic rings. The van der Waals surface area contributed by atoms with Crippen LogP contribution in [0.5, 0.6) is 0 Å². The van der Waals surface area contributed by atoms with Crippen molar-refractivity contribution in [1.82, 2.24) is 15.7 Å². The summed E-state index contributed by atoms with van der Waals surface area (Å²) in [5.74, 6) is 0.629. The second-order valence-corrected chi connectivity index (χ2v) is 7.41. The van der Waals surface area contributed by atoms with Gasteiger partial charge in [-0.1, -0.05) is 19.9 Å². The quantitative estimate of drug-likeness (QED) is 0.715. The summed E-state index contributed by atoms with van der Waals surface area (Å²) in [6.45, 7) is 6.28. The van der Waals surface area contributed by atoms with Crippen molar-refractivity contribution in [2.24, 2.45) is 16.3 Å². The average molecular weight is 369 g/mol. The van der Waals surface area contributed by atoms with Gasteiger partial charge in [-0.05, 0) is 30.9 Å². The first-order valence-corrected chi connectivity index (χ1v) is 8.69. The second-order valence-electron chi connectivity index (χ2n) is 7.41. The second kappa shape index (κ2) is 7.22. The summed E-state index contributed by atoms with van der Waals surface area (Å²) in [6, 6.07) is 4.78. The van der Waals surface area contributed by atoms with Gasteiger partial charge in [0.25, 0.3) is 5.91 Å². The number of nitrogens with two attached hydrogens (primary N) is 1. The number of rotatable bonds is 4. The van der Waals surface area contributed by atoms with Crippen LogP contribution in [0.1, 0.15) is 53.4 Å². The molecule has 8 heteroatoms. The smallest absolute Gasteiger partial charge is 0.332 e. The summed E-state index contributed by atoms with van der Waals surface area (Å²) < 4.78 is 5.90. The van der Waals surface area contributed by atoms with Gasteiger partial charge in [0.05, 0.1) is 18.0 Å². The number of carbonyl (C=O) groups is 2. The Morgan fingerprint density at radius 1 is 1.33 bits per heavy atom. The molecule has 0 unspecified atom stereocenters. The first-order valence-electron chi connectivity index (χ1n) is 8.69. The van der Waals surface area contributed by atoms with Gasteiger partial charge in [0.2, 0.25) is 0 Å². The fraction of sp³-hybridized carbons (Fsp3) is 0.368. The predicted octanol–water partition coefficient (Wildman–Crippen LogP) is 2.26. The maximum absolute atomic E-state index is 12.6. The minimum Gasteiger partial charge on any atom is -0.455 e. The molecular weight excluding hydrogens is 346 g/mol. The number of fused-ring (bicyclic) bond motifs is 1. The van der Waals surface area contributed by atoms with E-state index in [-0.39, 0.29) is 17.1 Å². The Hall–Kier alpha value is -3.16. The number of pyridine rings is 1. The number of furan rings is 1. The lowest BCUT2D eigenvalue weighted by Crippen LogP contribution is -2.31. The maximum Gasteiger partial charge on any atom is 0.332 e. The molecule has 0 fully saturated rings. The lowest BCUT2D eigenvalue weighted by atomic mass is 9.75. The molecule has 2 heterocycles. The fourth-order valence-electron chi connectivity index (χ4n) is 3.30. The van der Waals surface area contributed by atoms with E-state index in [2.05, 4.69) is 34.7 Å². The van der Waals surface area contributed by atoms with Gasteiger partial charge in [0.1, 0.15) is 5.76 Å². The summed E-state index contributed by atoms with van der Waals surface area (Å²) in [4.78, 5) is 27.9. The van der Waals surface area contributed by atoms with Crippen LogP contribution < -0.4 is 16.5 Å². The zero-order valence-corrected chi connectivity index (χ0v) is 15.6. The molecule has 0 atom stereocenters. The van der Waals surface area contributed by atoms with Crippen molar-refractivity contribution in [3.63, 3.8) is 0 Å². The molecular formula is C19H23N5O3. The number of hydrogen-bond acceptors (Lipinski definition) is 5. The highest BCUT2D eigenvalue weighted by Crippen LogP contribution is 2.38. The van der Waals surface area contributed by atoms with Crippen LogP contribution >= 0.6 is 0 Å². The Labute approximate surface area is 157 Å². The van der Waals surface area contributed by atoms with E-state index in [1.807, 2.05) is 25.1 Å². The molecule has 27 heavy (non-hydrogen) atoms. The molecule has 3 amide bonds. The Bertz CT molecular complexity index is 900. The number of amides is 3. The summed E-state index contributed by atoms with van der Waals surface area (Å²) in [7, 11) is 0. The van der Waals surface area contributed by atoms with Gasteiger partial charge in [0, 0.05) is 23.7 Å². The fourth-order valence-corrected chi connectivity index (χ4v) is 3.30. The van der Waals surface area contributed by atoms with E-state index in [4.69, 9.17) is 10.2 Å². The van der Waals surface area contributed by atoms with Gasteiger partial charge in [-0.3, -0.25) is 9.78 Å². The monoisotopic (exact) mass is 369 g/mol. The van der Waals surface area contributed by atoms with E-state index in [9.17, 15) is 9.59 Å². The molecule has 0 saturated heterocycles. The lowest BCUT2D eigenvalue weighted by Gasteiger charge is -2.29. The molecule has 1 aliphatic rings. The number of carbonyl (C=O) groups excluding carboxylic acids is 2. The number of hydrazone groups is 1. The Morgan fingerprint density at radius 3 is 2.78 bits per heavy atom. The first-order chi connectivity index (χ1) is 12.8. The van der Waals surface area contributed by atoms with Crippen LogP contribution in [0.3, 0.4) is 0 Å². The molecule has 142 valence electrons. The minimum atomic E-state index is -0.734.